The van der Waals surface area contributed by atoms with Gasteiger partial charge in [-0.1, -0.05) is 26.2 Å². The molecule has 1 aliphatic rings. The largest absolute Gasteiger partial charge is 0.481 e. The fourth-order valence-electron chi connectivity index (χ4n) is 3.37. The van der Waals surface area contributed by atoms with Crippen molar-refractivity contribution in [2.24, 2.45) is 5.92 Å². The van der Waals surface area contributed by atoms with Crippen LogP contribution in [0.2, 0.25) is 0 Å². The average molecular weight is 397 g/mol. The van der Waals surface area contributed by atoms with Crippen molar-refractivity contribution in [3.05, 3.63) is 29.8 Å². The topological polar surface area (TPSA) is 95.0 Å². The summed E-state index contributed by atoms with van der Waals surface area (Å²) in [6.45, 7) is 1.61. The minimum absolute atomic E-state index is 0.0219. The van der Waals surface area contributed by atoms with E-state index in [4.69, 9.17) is 5.11 Å². The van der Waals surface area contributed by atoms with E-state index in [1.54, 1.807) is 7.05 Å². The molecule has 2 rings (SSSR count). The second-order valence-electron chi connectivity index (χ2n) is 7.26. The molecule has 0 heterocycles. The first kappa shape index (κ1) is 21.4. The predicted octanol–water partition coefficient (Wildman–Crippen LogP) is 2.43. The van der Waals surface area contributed by atoms with E-state index in [9.17, 15) is 18.0 Å². The van der Waals surface area contributed by atoms with Crippen LogP contribution < -0.4 is 0 Å². The number of carboxylic acids is 1. The third-order valence-electron chi connectivity index (χ3n) is 5.18. The molecule has 0 spiro atoms. The number of benzene rings is 1. The second-order valence-corrected chi connectivity index (χ2v) is 9.26. The maximum absolute atomic E-state index is 12.8. The van der Waals surface area contributed by atoms with Gasteiger partial charge in [-0.25, -0.2) is 8.42 Å². The van der Waals surface area contributed by atoms with Crippen LogP contribution >= 0.6 is 0 Å². The van der Waals surface area contributed by atoms with Gasteiger partial charge >= 0.3 is 5.97 Å². The van der Waals surface area contributed by atoms with Crippen LogP contribution in [0.4, 0.5) is 0 Å². The third-order valence-corrected chi connectivity index (χ3v) is 7.11. The summed E-state index contributed by atoms with van der Waals surface area (Å²) in [4.78, 5) is 24.8. The molecule has 150 valence electrons. The normalized spacial score (nSPS) is 16.9. The van der Waals surface area contributed by atoms with Crippen LogP contribution in [0.5, 0.6) is 0 Å². The Kier molecular flexibility index (Phi) is 7.00. The number of rotatable bonds is 7. The van der Waals surface area contributed by atoms with Gasteiger partial charge in [-0.2, -0.15) is 4.31 Å². The van der Waals surface area contributed by atoms with Crippen LogP contribution in [0.3, 0.4) is 0 Å². The summed E-state index contributed by atoms with van der Waals surface area (Å²) >= 11 is 0. The number of carbonyl (C=O) groups is 2. The molecule has 0 bridgehead atoms. The van der Waals surface area contributed by atoms with Crippen LogP contribution in [0.25, 0.3) is 0 Å². The van der Waals surface area contributed by atoms with E-state index in [1.165, 1.54) is 47.4 Å². The van der Waals surface area contributed by atoms with Crippen LogP contribution in [0, 0.1) is 5.92 Å². The van der Waals surface area contributed by atoms with Crippen molar-refractivity contribution < 1.29 is 23.1 Å². The highest BCUT2D eigenvalue weighted by atomic mass is 32.2. The number of carbonyl (C=O) groups excluding carboxylic acids is 1. The quantitative estimate of drug-likeness (QED) is 0.764. The monoisotopic (exact) mass is 396 g/mol. The van der Waals surface area contributed by atoms with Gasteiger partial charge in [0.2, 0.25) is 10.0 Å². The number of hydrogen-bond acceptors (Lipinski definition) is 4. The summed E-state index contributed by atoms with van der Waals surface area (Å²) in [6.07, 6.45) is 4.98. The van der Waals surface area contributed by atoms with Crippen LogP contribution in [0.15, 0.2) is 29.2 Å². The maximum atomic E-state index is 12.8. The predicted molar refractivity (Wildman–Crippen MR) is 102 cm³/mol. The molecular weight excluding hydrogens is 368 g/mol. The van der Waals surface area contributed by atoms with E-state index in [0.717, 1.165) is 32.1 Å². The van der Waals surface area contributed by atoms with Gasteiger partial charge in [0.1, 0.15) is 0 Å². The summed E-state index contributed by atoms with van der Waals surface area (Å²) in [7, 11) is -0.453. The maximum Gasteiger partial charge on any atom is 0.308 e. The Balaban J connectivity index is 2.11. The lowest BCUT2D eigenvalue weighted by Gasteiger charge is -2.30. The van der Waals surface area contributed by atoms with E-state index < -0.39 is 21.9 Å². The molecule has 0 aromatic heterocycles. The molecule has 0 saturated heterocycles. The van der Waals surface area contributed by atoms with Gasteiger partial charge < -0.3 is 10.0 Å². The van der Waals surface area contributed by atoms with E-state index >= 15 is 0 Å². The zero-order valence-electron chi connectivity index (χ0n) is 16.1. The van der Waals surface area contributed by atoms with Crippen LogP contribution in [-0.2, 0) is 14.8 Å². The summed E-state index contributed by atoms with van der Waals surface area (Å²) in [5, 5.41) is 8.96. The summed E-state index contributed by atoms with van der Waals surface area (Å²) < 4.78 is 27.1. The highest BCUT2D eigenvalue weighted by Crippen LogP contribution is 2.26. The number of carboxylic acid groups (broad SMARTS) is 1. The van der Waals surface area contributed by atoms with Crippen molar-refractivity contribution in [1.29, 1.82) is 0 Å². The van der Waals surface area contributed by atoms with Crippen LogP contribution in [-0.4, -0.2) is 61.3 Å². The zero-order valence-corrected chi connectivity index (χ0v) is 16.9. The molecule has 0 aliphatic heterocycles. The Bertz CT molecular complexity index is 770. The molecular formula is C19H28N2O5S. The average Bonchev–Trinajstić information content (AvgIpc) is 2.67. The Morgan fingerprint density at radius 3 is 2.19 bits per heavy atom. The first-order valence-electron chi connectivity index (χ1n) is 9.21. The summed E-state index contributed by atoms with van der Waals surface area (Å²) in [5.74, 6) is -1.99. The Morgan fingerprint density at radius 2 is 1.67 bits per heavy atom. The van der Waals surface area contributed by atoms with Crippen LogP contribution in [0.1, 0.15) is 49.4 Å². The lowest BCUT2D eigenvalue weighted by molar-refractivity contribution is -0.141. The minimum atomic E-state index is -3.60. The molecule has 8 heteroatoms. The van der Waals surface area contributed by atoms with Gasteiger partial charge in [0.05, 0.1) is 10.8 Å². The fraction of sp³-hybridized carbons (Fsp3) is 0.579. The van der Waals surface area contributed by atoms with E-state index in [2.05, 4.69) is 0 Å². The standard InChI is InChI=1S/C19H28N2O5S/c1-14(19(23)24)13-20(2)18(22)15-9-11-17(12-10-15)27(25,26)21(3)16-7-5-4-6-8-16/h9-12,14,16H,4-8,13H2,1-3H3,(H,23,24). The lowest BCUT2D eigenvalue weighted by Crippen LogP contribution is -2.38. The lowest BCUT2D eigenvalue weighted by atomic mass is 9.96. The number of sulfonamides is 1. The first-order chi connectivity index (χ1) is 12.6. The zero-order chi connectivity index (χ0) is 20.2. The molecule has 1 fully saturated rings. The smallest absolute Gasteiger partial charge is 0.308 e. The molecule has 1 atom stereocenters. The highest BCUT2D eigenvalue weighted by Gasteiger charge is 2.29. The SMILES string of the molecule is CC(CN(C)C(=O)c1ccc(S(=O)(=O)N(C)C2CCCCC2)cc1)C(=O)O. The Hall–Kier alpha value is -1.93. The molecule has 1 N–H and O–H groups in total. The highest BCUT2D eigenvalue weighted by molar-refractivity contribution is 7.89. The molecule has 27 heavy (non-hydrogen) atoms. The van der Waals surface area contributed by atoms with E-state index in [0.29, 0.717) is 5.56 Å². The minimum Gasteiger partial charge on any atom is -0.481 e. The number of aliphatic carboxylic acids is 1. The van der Waals surface area contributed by atoms with Crippen molar-refractivity contribution in [3.63, 3.8) is 0 Å². The Morgan fingerprint density at radius 1 is 1.11 bits per heavy atom. The molecule has 1 aromatic carbocycles. The second kappa shape index (κ2) is 8.84. The Labute approximate surface area is 161 Å². The number of nitrogens with zero attached hydrogens (tertiary/aromatic N) is 2. The van der Waals surface area contributed by atoms with Crippen molar-refractivity contribution in [3.8, 4) is 0 Å². The molecule has 1 aromatic rings. The van der Waals surface area contributed by atoms with Gasteiger partial charge in [-0.3, -0.25) is 9.59 Å². The van der Waals surface area contributed by atoms with E-state index in [1.807, 2.05) is 0 Å². The van der Waals surface area contributed by atoms with Gasteiger partial charge in [-0.15, -0.1) is 0 Å². The van der Waals surface area contributed by atoms with E-state index in [-0.39, 0.29) is 23.4 Å². The molecule has 0 radical (unpaired) electrons. The number of amides is 1. The summed E-state index contributed by atoms with van der Waals surface area (Å²) in [5.41, 5.74) is 0.328. The molecule has 1 unspecified atom stereocenters. The third kappa shape index (κ3) is 5.07. The molecule has 1 aliphatic carbocycles. The summed E-state index contributed by atoms with van der Waals surface area (Å²) in [6, 6.07) is 5.86. The van der Waals surface area contributed by atoms with Gasteiger partial charge in [0, 0.05) is 32.2 Å². The first-order valence-corrected chi connectivity index (χ1v) is 10.6. The van der Waals surface area contributed by atoms with Crippen molar-refractivity contribution in [2.45, 2.75) is 50.0 Å². The van der Waals surface area contributed by atoms with Crippen molar-refractivity contribution >= 4 is 21.9 Å². The molecule has 7 nitrogen and oxygen atoms in total. The van der Waals surface area contributed by atoms with Gasteiger partial charge in [0.15, 0.2) is 0 Å². The molecule has 1 saturated carbocycles. The van der Waals surface area contributed by atoms with Crippen molar-refractivity contribution in [1.82, 2.24) is 9.21 Å². The fourth-order valence-corrected chi connectivity index (χ4v) is 4.78. The molecule has 1 amide bonds. The van der Waals surface area contributed by atoms with Gasteiger partial charge in [-0.05, 0) is 37.1 Å². The number of hydrogen-bond donors (Lipinski definition) is 1. The van der Waals surface area contributed by atoms with Crippen molar-refractivity contribution in [2.75, 3.05) is 20.6 Å². The van der Waals surface area contributed by atoms with Gasteiger partial charge in [0.25, 0.3) is 5.91 Å².